The average molecular weight is 266 g/mol. The van der Waals surface area contributed by atoms with Gasteiger partial charge < -0.3 is 15.5 Å². The fourth-order valence-electron chi connectivity index (χ4n) is 2.30. The van der Waals surface area contributed by atoms with Gasteiger partial charge in [-0.2, -0.15) is 0 Å². The number of rotatable bonds is 8. The number of aliphatic imine (C=N–C) groups is 1. The second kappa shape index (κ2) is 9.84. The predicted octanol–water partition coefficient (Wildman–Crippen LogP) is 1.99. The summed E-state index contributed by atoms with van der Waals surface area (Å²) < 4.78 is 0. The lowest BCUT2D eigenvalue weighted by Gasteiger charge is -2.20. The number of nitrogens with zero attached hydrogens (tertiary/aromatic N) is 2. The fraction of sp³-hybridized carbons (Fsp3) is 0.800. The Kier molecular flexibility index (Phi) is 8.30. The van der Waals surface area contributed by atoms with Crippen LogP contribution < -0.4 is 10.6 Å². The minimum atomic E-state index is 0.524. The van der Waals surface area contributed by atoms with Crippen molar-refractivity contribution in [3.8, 4) is 0 Å². The van der Waals surface area contributed by atoms with E-state index in [0.717, 1.165) is 45.0 Å². The zero-order valence-corrected chi connectivity index (χ0v) is 12.8. The van der Waals surface area contributed by atoms with Gasteiger partial charge in [0.1, 0.15) is 0 Å². The Bertz CT molecular complexity index is 278. The lowest BCUT2D eigenvalue weighted by molar-refractivity contribution is 0.297. The van der Waals surface area contributed by atoms with Crippen LogP contribution in [0.25, 0.3) is 0 Å². The standard InChI is InChI=1S/C15H30N4/c1-4-12-19(6-3)13-11-17-15(16-5-2)18-14-9-7-8-10-14/h7-8,14H,4-6,9-13H2,1-3H3,(H2,16,17,18). The average Bonchev–Trinajstić information content (AvgIpc) is 2.90. The molecule has 0 fully saturated rings. The van der Waals surface area contributed by atoms with E-state index in [1.165, 1.54) is 13.0 Å². The van der Waals surface area contributed by atoms with Gasteiger partial charge in [-0.3, -0.25) is 4.99 Å². The highest BCUT2D eigenvalue weighted by atomic mass is 15.2. The highest BCUT2D eigenvalue weighted by molar-refractivity contribution is 5.80. The Balaban J connectivity index is 2.34. The molecule has 0 spiro atoms. The molecule has 1 aliphatic carbocycles. The Morgan fingerprint density at radius 1 is 1.21 bits per heavy atom. The Morgan fingerprint density at radius 3 is 2.53 bits per heavy atom. The van der Waals surface area contributed by atoms with Crippen molar-refractivity contribution in [3.63, 3.8) is 0 Å². The van der Waals surface area contributed by atoms with Gasteiger partial charge in [-0.15, -0.1) is 0 Å². The molecule has 0 aromatic rings. The van der Waals surface area contributed by atoms with Crippen LogP contribution in [0.3, 0.4) is 0 Å². The molecule has 0 amide bonds. The minimum Gasteiger partial charge on any atom is -0.357 e. The van der Waals surface area contributed by atoms with Crippen LogP contribution >= 0.6 is 0 Å². The van der Waals surface area contributed by atoms with Gasteiger partial charge in [0.15, 0.2) is 5.96 Å². The van der Waals surface area contributed by atoms with Gasteiger partial charge in [0.2, 0.25) is 0 Å². The van der Waals surface area contributed by atoms with Crippen LogP contribution in [0.15, 0.2) is 17.1 Å². The third-order valence-corrected chi connectivity index (χ3v) is 3.37. The van der Waals surface area contributed by atoms with E-state index in [1.54, 1.807) is 0 Å². The molecular weight excluding hydrogens is 236 g/mol. The monoisotopic (exact) mass is 266 g/mol. The third kappa shape index (κ3) is 6.62. The second-order valence-electron chi connectivity index (χ2n) is 4.98. The van der Waals surface area contributed by atoms with Crippen LogP contribution in [0.5, 0.6) is 0 Å². The Hall–Kier alpha value is -1.03. The third-order valence-electron chi connectivity index (χ3n) is 3.37. The molecule has 0 radical (unpaired) electrons. The number of guanidine groups is 1. The van der Waals surface area contributed by atoms with E-state index in [-0.39, 0.29) is 0 Å². The Labute approximate surface area is 118 Å². The summed E-state index contributed by atoms with van der Waals surface area (Å²) >= 11 is 0. The van der Waals surface area contributed by atoms with E-state index in [1.807, 2.05) is 0 Å². The Morgan fingerprint density at radius 2 is 1.95 bits per heavy atom. The minimum absolute atomic E-state index is 0.524. The van der Waals surface area contributed by atoms with Crippen molar-refractivity contribution in [2.45, 2.75) is 46.1 Å². The van der Waals surface area contributed by atoms with Gasteiger partial charge in [0, 0.05) is 19.1 Å². The molecule has 0 aliphatic heterocycles. The largest absolute Gasteiger partial charge is 0.357 e. The van der Waals surface area contributed by atoms with Crippen molar-refractivity contribution in [1.82, 2.24) is 15.5 Å². The highest BCUT2D eigenvalue weighted by Gasteiger charge is 2.11. The molecule has 4 nitrogen and oxygen atoms in total. The van der Waals surface area contributed by atoms with Crippen molar-refractivity contribution in [1.29, 1.82) is 0 Å². The molecule has 2 N–H and O–H groups in total. The van der Waals surface area contributed by atoms with Gasteiger partial charge >= 0.3 is 0 Å². The quantitative estimate of drug-likeness (QED) is 0.401. The molecule has 0 saturated heterocycles. The van der Waals surface area contributed by atoms with E-state index in [2.05, 4.69) is 53.4 Å². The topological polar surface area (TPSA) is 39.7 Å². The first kappa shape index (κ1) is 16.0. The molecule has 0 bridgehead atoms. The summed E-state index contributed by atoms with van der Waals surface area (Å²) in [4.78, 5) is 7.12. The maximum atomic E-state index is 4.67. The van der Waals surface area contributed by atoms with E-state index < -0.39 is 0 Å². The zero-order valence-electron chi connectivity index (χ0n) is 12.8. The van der Waals surface area contributed by atoms with E-state index in [9.17, 15) is 0 Å². The van der Waals surface area contributed by atoms with Gasteiger partial charge in [-0.1, -0.05) is 26.0 Å². The zero-order chi connectivity index (χ0) is 13.9. The van der Waals surface area contributed by atoms with Gasteiger partial charge in [0.05, 0.1) is 6.54 Å². The summed E-state index contributed by atoms with van der Waals surface area (Å²) in [5, 5.41) is 6.82. The lowest BCUT2D eigenvalue weighted by Crippen LogP contribution is -2.43. The molecule has 1 rings (SSSR count). The smallest absolute Gasteiger partial charge is 0.191 e. The van der Waals surface area contributed by atoms with Gasteiger partial charge in [0.25, 0.3) is 0 Å². The molecule has 19 heavy (non-hydrogen) atoms. The number of nitrogens with one attached hydrogen (secondary N) is 2. The summed E-state index contributed by atoms with van der Waals surface area (Å²) in [5.41, 5.74) is 0. The van der Waals surface area contributed by atoms with E-state index >= 15 is 0 Å². The van der Waals surface area contributed by atoms with Crippen molar-refractivity contribution in [2.24, 2.45) is 4.99 Å². The first-order valence-corrected chi connectivity index (χ1v) is 7.72. The van der Waals surface area contributed by atoms with Crippen LogP contribution in [0, 0.1) is 0 Å². The molecule has 110 valence electrons. The normalized spacial score (nSPS) is 16.3. The predicted molar refractivity (Wildman–Crippen MR) is 83.7 cm³/mol. The molecule has 0 atom stereocenters. The summed E-state index contributed by atoms with van der Waals surface area (Å²) in [6.07, 6.45) is 7.91. The molecule has 1 aliphatic rings. The maximum absolute atomic E-state index is 4.67. The first-order chi connectivity index (χ1) is 9.30. The van der Waals surface area contributed by atoms with Gasteiger partial charge in [-0.05, 0) is 39.3 Å². The molecular formula is C15H30N4. The van der Waals surface area contributed by atoms with E-state index in [4.69, 9.17) is 0 Å². The van der Waals surface area contributed by atoms with Crippen LogP contribution in [0.4, 0.5) is 0 Å². The summed E-state index contributed by atoms with van der Waals surface area (Å²) in [6.45, 7) is 11.7. The summed E-state index contributed by atoms with van der Waals surface area (Å²) in [6, 6.07) is 0.524. The van der Waals surface area contributed by atoms with Crippen LogP contribution in [-0.4, -0.2) is 49.6 Å². The molecule has 4 heteroatoms. The SMILES string of the molecule is CCCN(CC)CCN=C(NCC)NC1CC=CC1. The first-order valence-electron chi connectivity index (χ1n) is 7.72. The number of hydrogen-bond donors (Lipinski definition) is 2. The molecule has 0 heterocycles. The summed E-state index contributed by atoms with van der Waals surface area (Å²) in [5.74, 6) is 0.962. The number of hydrogen-bond acceptors (Lipinski definition) is 2. The second-order valence-corrected chi connectivity index (χ2v) is 4.98. The van der Waals surface area contributed by atoms with Gasteiger partial charge in [-0.25, -0.2) is 0 Å². The maximum Gasteiger partial charge on any atom is 0.191 e. The van der Waals surface area contributed by atoms with Crippen molar-refractivity contribution < 1.29 is 0 Å². The lowest BCUT2D eigenvalue weighted by atomic mass is 10.2. The van der Waals surface area contributed by atoms with Crippen LogP contribution in [0.1, 0.15) is 40.0 Å². The fourth-order valence-corrected chi connectivity index (χ4v) is 2.30. The highest BCUT2D eigenvalue weighted by Crippen LogP contribution is 2.08. The number of likely N-dealkylation sites (N-methyl/N-ethyl adjacent to an activating group) is 1. The summed E-state index contributed by atoms with van der Waals surface area (Å²) in [7, 11) is 0. The molecule has 0 unspecified atom stereocenters. The van der Waals surface area contributed by atoms with E-state index in [0.29, 0.717) is 6.04 Å². The van der Waals surface area contributed by atoms with Crippen molar-refractivity contribution in [2.75, 3.05) is 32.7 Å². The van der Waals surface area contributed by atoms with Crippen molar-refractivity contribution in [3.05, 3.63) is 12.2 Å². The molecule has 0 saturated carbocycles. The van der Waals surface area contributed by atoms with Crippen LogP contribution in [-0.2, 0) is 0 Å². The van der Waals surface area contributed by atoms with Crippen molar-refractivity contribution >= 4 is 5.96 Å². The van der Waals surface area contributed by atoms with Crippen LogP contribution in [0.2, 0.25) is 0 Å². The molecule has 0 aromatic carbocycles. The molecule has 0 aromatic heterocycles.